The molecule has 0 atom stereocenters. The summed E-state index contributed by atoms with van der Waals surface area (Å²) < 4.78 is 43.2. The Labute approximate surface area is 171 Å². The van der Waals surface area contributed by atoms with Gasteiger partial charge < -0.3 is 4.90 Å². The first-order chi connectivity index (χ1) is 14.1. The molecule has 3 aromatic rings. The summed E-state index contributed by atoms with van der Waals surface area (Å²) in [7, 11) is 0. The molecule has 0 aromatic carbocycles. The van der Waals surface area contributed by atoms with Gasteiger partial charge in [-0.15, -0.1) is 0 Å². The van der Waals surface area contributed by atoms with Crippen LogP contribution in [0, 0.1) is 6.92 Å². The van der Waals surface area contributed by atoms with Crippen LogP contribution in [0.1, 0.15) is 66.2 Å². The van der Waals surface area contributed by atoms with Gasteiger partial charge in [0.05, 0.1) is 5.69 Å². The molecule has 0 saturated carbocycles. The molecule has 0 aliphatic carbocycles. The number of hydrogen-bond acceptors (Lipinski definition) is 4. The number of alkyl halides is 3. The average molecular weight is 420 g/mol. The third-order valence-electron chi connectivity index (χ3n) is 5.44. The van der Waals surface area contributed by atoms with Crippen molar-refractivity contribution in [3.05, 3.63) is 47.2 Å². The predicted molar refractivity (Wildman–Crippen MR) is 103 cm³/mol. The third kappa shape index (κ3) is 3.66. The van der Waals surface area contributed by atoms with Gasteiger partial charge in [-0.2, -0.15) is 23.4 Å². The average Bonchev–Trinajstić information content (AvgIpc) is 3.31. The van der Waals surface area contributed by atoms with Crippen LogP contribution in [0.25, 0.3) is 5.65 Å². The molecule has 1 saturated heterocycles. The predicted octanol–water partition coefficient (Wildman–Crippen LogP) is 3.85. The van der Waals surface area contributed by atoms with Crippen molar-refractivity contribution in [1.29, 1.82) is 0 Å². The van der Waals surface area contributed by atoms with E-state index in [1.807, 2.05) is 13.8 Å². The lowest BCUT2D eigenvalue weighted by atomic mass is 9.92. The largest absolute Gasteiger partial charge is 0.433 e. The Morgan fingerprint density at radius 3 is 2.53 bits per heavy atom. The maximum absolute atomic E-state index is 13.6. The van der Waals surface area contributed by atoms with Crippen LogP contribution >= 0.6 is 0 Å². The van der Waals surface area contributed by atoms with E-state index < -0.39 is 11.9 Å². The minimum atomic E-state index is -4.53. The molecule has 1 amide bonds. The van der Waals surface area contributed by atoms with Crippen molar-refractivity contribution in [3.63, 3.8) is 0 Å². The minimum Gasteiger partial charge on any atom is -0.337 e. The van der Waals surface area contributed by atoms with E-state index in [2.05, 4.69) is 15.2 Å². The molecule has 1 aliphatic heterocycles. The van der Waals surface area contributed by atoms with Crippen LogP contribution in [-0.2, 0) is 6.18 Å². The highest BCUT2D eigenvalue weighted by Gasteiger charge is 2.36. The van der Waals surface area contributed by atoms with Gasteiger partial charge in [-0.1, -0.05) is 0 Å². The number of aryl methyl sites for hydroxylation is 1. The Morgan fingerprint density at radius 1 is 1.20 bits per heavy atom. The Morgan fingerprint density at radius 2 is 1.90 bits per heavy atom. The van der Waals surface area contributed by atoms with E-state index >= 15 is 0 Å². The summed E-state index contributed by atoms with van der Waals surface area (Å²) in [5.74, 6) is -0.254. The number of nitrogens with zero attached hydrogens (tertiary/aromatic N) is 6. The highest BCUT2D eigenvalue weighted by atomic mass is 19.4. The molecule has 7 nitrogen and oxygen atoms in total. The Bertz CT molecular complexity index is 1080. The summed E-state index contributed by atoms with van der Waals surface area (Å²) in [6.07, 6.45) is -1.82. The fraction of sp³-hybridized carbons (Fsp3) is 0.500. The van der Waals surface area contributed by atoms with Crippen LogP contribution in [0.4, 0.5) is 13.2 Å². The molecule has 4 heterocycles. The monoisotopic (exact) mass is 420 g/mol. The summed E-state index contributed by atoms with van der Waals surface area (Å²) in [6.45, 7) is 6.46. The van der Waals surface area contributed by atoms with Gasteiger partial charge in [0, 0.05) is 43.0 Å². The highest BCUT2D eigenvalue weighted by molar-refractivity contribution is 5.92. The number of likely N-dealkylation sites (tertiary alicyclic amines) is 1. The number of piperidine rings is 1. The topological polar surface area (TPSA) is 68.3 Å². The van der Waals surface area contributed by atoms with Crippen LogP contribution in [0.15, 0.2) is 24.4 Å². The fourth-order valence-corrected chi connectivity index (χ4v) is 3.95. The zero-order valence-corrected chi connectivity index (χ0v) is 17.0. The number of halogens is 3. The van der Waals surface area contributed by atoms with Gasteiger partial charge in [0.2, 0.25) is 0 Å². The lowest BCUT2D eigenvalue weighted by molar-refractivity contribution is -0.142. The maximum Gasteiger partial charge on any atom is 0.433 e. The number of hydrogen-bond donors (Lipinski definition) is 0. The first-order valence-corrected chi connectivity index (χ1v) is 9.92. The first kappa shape index (κ1) is 20.4. The van der Waals surface area contributed by atoms with Crippen LogP contribution in [0.5, 0.6) is 0 Å². The second-order valence-electron chi connectivity index (χ2n) is 7.94. The van der Waals surface area contributed by atoms with Gasteiger partial charge in [-0.3, -0.25) is 9.48 Å². The highest BCUT2D eigenvalue weighted by Crippen LogP contribution is 2.34. The van der Waals surface area contributed by atoms with Crippen molar-refractivity contribution < 1.29 is 18.0 Å². The molecule has 4 rings (SSSR count). The normalized spacial score (nSPS) is 16.0. The van der Waals surface area contributed by atoms with Crippen molar-refractivity contribution in [2.45, 2.75) is 51.7 Å². The standard InChI is InChI=1S/C20H23F3N6O/c1-12(2)28-16(4-7-24-28)19(30)27-8-5-14(6-9-27)15-11-17(20(21,22)23)29-18(25-15)10-13(3)26-29/h4,7,10-12,14H,5-6,8-9H2,1-3H3. The SMILES string of the molecule is Cc1cc2nc(C3CCN(C(=O)c4ccnn4C(C)C)CC3)cc(C(F)(F)F)n2n1. The first-order valence-electron chi connectivity index (χ1n) is 9.92. The lowest BCUT2D eigenvalue weighted by Gasteiger charge is -2.32. The molecule has 160 valence electrons. The van der Waals surface area contributed by atoms with Crippen molar-refractivity contribution in [2.75, 3.05) is 13.1 Å². The molecule has 0 unspecified atom stereocenters. The lowest BCUT2D eigenvalue weighted by Crippen LogP contribution is -2.39. The van der Waals surface area contributed by atoms with Crippen molar-refractivity contribution >= 4 is 11.6 Å². The number of rotatable bonds is 3. The van der Waals surface area contributed by atoms with Gasteiger partial charge in [0.25, 0.3) is 5.91 Å². The quantitative estimate of drug-likeness (QED) is 0.645. The molecule has 1 fully saturated rings. The number of fused-ring (bicyclic) bond motifs is 1. The molecule has 0 bridgehead atoms. The molecular formula is C20H23F3N6O. The molecule has 0 N–H and O–H groups in total. The molecule has 0 radical (unpaired) electrons. The Hall–Kier alpha value is -2.91. The third-order valence-corrected chi connectivity index (χ3v) is 5.44. The van der Waals surface area contributed by atoms with Crippen molar-refractivity contribution in [1.82, 2.24) is 29.3 Å². The van der Waals surface area contributed by atoms with E-state index in [1.165, 1.54) is 0 Å². The van der Waals surface area contributed by atoms with Crippen LogP contribution in [0.3, 0.4) is 0 Å². The Kier molecular flexibility index (Phi) is 5.03. The van der Waals surface area contributed by atoms with E-state index in [1.54, 1.807) is 34.8 Å². The van der Waals surface area contributed by atoms with Crippen LogP contribution < -0.4 is 0 Å². The zero-order valence-electron chi connectivity index (χ0n) is 17.0. The van der Waals surface area contributed by atoms with E-state index in [4.69, 9.17) is 0 Å². The molecular weight excluding hydrogens is 397 g/mol. The summed E-state index contributed by atoms with van der Waals surface area (Å²) in [6, 6.07) is 4.40. The van der Waals surface area contributed by atoms with Crippen LogP contribution in [-0.4, -0.2) is 48.3 Å². The van der Waals surface area contributed by atoms with E-state index in [-0.39, 0.29) is 23.5 Å². The molecule has 30 heavy (non-hydrogen) atoms. The molecule has 1 aliphatic rings. The summed E-state index contributed by atoms with van der Waals surface area (Å²) >= 11 is 0. The minimum absolute atomic E-state index is 0.0623. The molecule has 10 heteroatoms. The van der Waals surface area contributed by atoms with Gasteiger partial charge >= 0.3 is 6.18 Å². The second kappa shape index (κ2) is 7.41. The van der Waals surface area contributed by atoms with Crippen LogP contribution in [0.2, 0.25) is 0 Å². The molecule has 0 spiro atoms. The number of carbonyl (C=O) groups excluding carboxylic acids is 1. The number of aromatic nitrogens is 5. The van der Waals surface area contributed by atoms with E-state index in [9.17, 15) is 18.0 Å². The van der Waals surface area contributed by atoms with Crippen molar-refractivity contribution in [3.8, 4) is 0 Å². The fourth-order valence-electron chi connectivity index (χ4n) is 3.95. The van der Waals surface area contributed by atoms with Gasteiger partial charge in [-0.05, 0) is 45.7 Å². The Balaban J connectivity index is 1.55. The van der Waals surface area contributed by atoms with E-state index in [0.717, 1.165) is 10.6 Å². The summed E-state index contributed by atoms with van der Waals surface area (Å²) in [5.41, 5.74) is 0.769. The zero-order chi connectivity index (χ0) is 21.6. The second-order valence-corrected chi connectivity index (χ2v) is 7.94. The number of amides is 1. The molecule has 3 aromatic heterocycles. The van der Waals surface area contributed by atoms with Gasteiger partial charge in [0.15, 0.2) is 5.65 Å². The van der Waals surface area contributed by atoms with Gasteiger partial charge in [0.1, 0.15) is 11.4 Å². The maximum atomic E-state index is 13.6. The smallest absolute Gasteiger partial charge is 0.337 e. The van der Waals surface area contributed by atoms with Gasteiger partial charge in [-0.25, -0.2) is 9.50 Å². The number of carbonyl (C=O) groups is 1. The van der Waals surface area contributed by atoms with Crippen molar-refractivity contribution in [2.24, 2.45) is 0 Å². The summed E-state index contributed by atoms with van der Waals surface area (Å²) in [5, 5.41) is 8.13. The van der Waals surface area contributed by atoms with E-state index in [0.29, 0.717) is 43.0 Å². The summed E-state index contributed by atoms with van der Waals surface area (Å²) in [4.78, 5) is 19.1.